The number of halogens is 1. The Hall–Kier alpha value is -1.81. The molecule has 2 rings (SSSR count). The van der Waals surface area contributed by atoms with E-state index in [-0.39, 0.29) is 10.8 Å². The summed E-state index contributed by atoms with van der Waals surface area (Å²) in [6, 6.07) is 13.4. The maximum atomic E-state index is 12.3. The third-order valence-corrected chi connectivity index (χ3v) is 4.52. The quantitative estimate of drug-likeness (QED) is 0.608. The Balaban J connectivity index is 2.38. The summed E-state index contributed by atoms with van der Waals surface area (Å²) in [5.41, 5.74) is 2.74. The summed E-state index contributed by atoms with van der Waals surface area (Å²) in [6.45, 7) is 12.9. The highest BCUT2D eigenvalue weighted by molar-refractivity contribution is 9.10. The minimum Gasteiger partial charge on any atom is -0.409 e. The van der Waals surface area contributed by atoms with E-state index in [9.17, 15) is 4.79 Å². The summed E-state index contributed by atoms with van der Waals surface area (Å²) in [4.78, 5) is 12.3. The second kappa shape index (κ2) is 7.20. The lowest BCUT2D eigenvalue weighted by molar-refractivity contribution is 0.214. The summed E-state index contributed by atoms with van der Waals surface area (Å²) in [7, 11) is 0. The van der Waals surface area contributed by atoms with Crippen LogP contribution in [0.25, 0.3) is 0 Å². The number of carbonyl (C=O) groups excluding carboxylic acids is 1. The number of anilines is 1. The van der Waals surface area contributed by atoms with Crippen molar-refractivity contribution >= 4 is 27.7 Å². The van der Waals surface area contributed by atoms with Crippen LogP contribution >= 0.6 is 15.9 Å². The topological polar surface area (TPSA) is 38.3 Å². The lowest BCUT2D eigenvalue weighted by Crippen LogP contribution is -2.22. The van der Waals surface area contributed by atoms with Crippen molar-refractivity contribution in [3.05, 3.63) is 58.1 Å². The molecule has 0 radical (unpaired) electrons. The van der Waals surface area contributed by atoms with Crippen LogP contribution in [0.5, 0.6) is 5.75 Å². The van der Waals surface area contributed by atoms with E-state index in [0.717, 1.165) is 10.0 Å². The van der Waals surface area contributed by atoms with Crippen LogP contribution in [0.2, 0.25) is 0 Å². The predicted molar refractivity (Wildman–Crippen MR) is 108 cm³/mol. The van der Waals surface area contributed by atoms with E-state index in [1.54, 1.807) is 0 Å². The molecule has 0 saturated carbocycles. The minimum absolute atomic E-state index is 0.00729. The number of carbonyl (C=O) groups is 1. The molecular weight excluding hydrogens is 378 g/mol. The van der Waals surface area contributed by atoms with Crippen molar-refractivity contribution in [2.75, 3.05) is 5.32 Å². The highest BCUT2D eigenvalue weighted by Gasteiger charge is 2.26. The Morgan fingerprint density at radius 2 is 1.56 bits per heavy atom. The molecule has 0 aliphatic rings. The van der Waals surface area contributed by atoms with Crippen LogP contribution in [0.1, 0.15) is 52.7 Å². The monoisotopic (exact) mass is 403 g/mol. The third-order valence-electron chi connectivity index (χ3n) is 3.93. The molecule has 0 aliphatic heterocycles. The van der Waals surface area contributed by atoms with Crippen LogP contribution in [-0.2, 0) is 10.8 Å². The number of hydrogen-bond acceptors (Lipinski definition) is 2. The maximum Gasteiger partial charge on any atom is 0.417 e. The molecule has 2 aromatic carbocycles. The smallest absolute Gasteiger partial charge is 0.409 e. The van der Waals surface area contributed by atoms with Crippen molar-refractivity contribution in [2.45, 2.75) is 52.4 Å². The van der Waals surface area contributed by atoms with Crippen molar-refractivity contribution in [1.82, 2.24) is 0 Å². The largest absolute Gasteiger partial charge is 0.417 e. The molecule has 3 nitrogen and oxygen atoms in total. The van der Waals surface area contributed by atoms with Crippen molar-refractivity contribution in [1.29, 1.82) is 0 Å². The Morgan fingerprint density at radius 1 is 0.960 bits per heavy atom. The van der Waals surface area contributed by atoms with Crippen LogP contribution in [0.15, 0.2) is 46.9 Å². The normalized spacial score (nSPS) is 12.0. The Morgan fingerprint density at radius 3 is 2.08 bits per heavy atom. The van der Waals surface area contributed by atoms with Gasteiger partial charge in [-0.15, -0.1) is 0 Å². The van der Waals surface area contributed by atoms with Crippen molar-refractivity contribution in [3.63, 3.8) is 0 Å². The third kappa shape index (κ3) is 5.08. The number of benzene rings is 2. The molecule has 0 aliphatic carbocycles. The van der Waals surface area contributed by atoms with Gasteiger partial charge in [-0.3, -0.25) is 5.32 Å². The molecule has 4 heteroatoms. The van der Waals surface area contributed by atoms with Gasteiger partial charge in [0.15, 0.2) is 5.75 Å². The first-order valence-corrected chi connectivity index (χ1v) is 9.16. The first-order chi connectivity index (χ1) is 11.5. The molecule has 0 atom stereocenters. The maximum absolute atomic E-state index is 12.3. The van der Waals surface area contributed by atoms with Crippen LogP contribution in [-0.4, -0.2) is 6.09 Å². The number of rotatable bonds is 2. The highest BCUT2D eigenvalue weighted by atomic mass is 79.9. The molecule has 25 heavy (non-hydrogen) atoms. The van der Waals surface area contributed by atoms with Gasteiger partial charge < -0.3 is 4.74 Å². The van der Waals surface area contributed by atoms with Gasteiger partial charge in [0.2, 0.25) is 0 Å². The van der Waals surface area contributed by atoms with E-state index in [1.165, 1.54) is 5.56 Å². The minimum atomic E-state index is -0.499. The zero-order chi connectivity index (χ0) is 18.8. The van der Waals surface area contributed by atoms with Crippen LogP contribution < -0.4 is 10.1 Å². The van der Waals surface area contributed by atoms with Gasteiger partial charge in [-0.05, 0) is 50.5 Å². The Kier molecular flexibility index (Phi) is 5.62. The van der Waals surface area contributed by atoms with Gasteiger partial charge >= 0.3 is 6.09 Å². The van der Waals surface area contributed by atoms with Crippen LogP contribution in [0, 0.1) is 0 Å². The zero-order valence-corrected chi connectivity index (χ0v) is 17.3. The fourth-order valence-electron chi connectivity index (χ4n) is 2.44. The van der Waals surface area contributed by atoms with Crippen molar-refractivity contribution < 1.29 is 9.53 Å². The van der Waals surface area contributed by atoms with Crippen LogP contribution in [0.3, 0.4) is 0 Å². The fourth-order valence-corrected chi connectivity index (χ4v) is 2.99. The molecule has 1 amide bonds. The summed E-state index contributed by atoms with van der Waals surface area (Å²) < 4.78 is 6.46. The lowest BCUT2D eigenvalue weighted by Gasteiger charge is -2.27. The van der Waals surface area contributed by atoms with E-state index in [2.05, 4.69) is 68.9 Å². The van der Waals surface area contributed by atoms with Crippen molar-refractivity contribution in [3.8, 4) is 5.75 Å². The molecule has 134 valence electrons. The fraction of sp³-hybridized carbons (Fsp3) is 0.381. The zero-order valence-electron chi connectivity index (χ0n) is 15.7. The molecule has 0 heterocycles. The van der Waals surface area contributed by atoms with E-state index in [1.807, 2.05) is 36.4 Å². The van der Waals surface area contributed by atoms with Gasteiger partial charge in [-0.1, -0.05) is 65.8 Å². The predicted octanol–water partition coefficient (Wildman–Crippen LogP) is 6.66. The summed E-state index contributed by atoms with van der Waals surface area (Å²) in [5, 5.41) is 2.76. The van der Waals surface area contributed by atoms with Gasteiger partial charge in [-0.2, -0.15) is 0 Å². The second-order valence-electron chi connectivity index (χ2n) is 8.22. The Bertz CT molecular complexity index is 756. The van der Waals surface area contributed by atoms with Crippen molar-refractivity contribution in [2.24, 2.45) is 0 Å². The van der Waals surface area contributed by atoms with Gasteiger partial charge in [0.1, 0.15) is 0 Å². The van der Waals surface area contributed by atoms with Gasteiger partial charge in [0.05, 0.1) is 4.47 Å². The molecule has 0 fully saturated rings. The average Bonchev–Trinajstić information content (AvgIpc) is 2.47. The van der Waals surface area contributed by atoms with Gasteiger partial charge in [0, 0.05) is 11.3 Å². The molecule has 1 N–H and O–H groups in total. The Labute approximate surface area is 158 Å². The first kappa shape index (κ1) is 19.5. The number of nitrogens with one attached hydrogen (secondary N) is 1. The molecule has 0 spiro atoms. The van der Waals surface area contributed by atoms with Crippen LogP contribution in [0.4, 0.5) is 10.5 Å². The molecule has 0 aromatic heterocycles. The molecule has 0 saturated heterocycles. The molecular formula is C21H26BrNO2. The SMILES string of the molecule is CC(C)(C)c1cc(Br)c(OC(=O)Nc2ccccc2)c(C(C)(C)C)c1. The molecule has 0 unspecified atom stereocenters. The van der Waals surface area contributed by atoms with Gasteiger partial charge in [-0.25, -0.2) is 4.79 Å². The number of amides is 1. The van der Waals surface area contributed by atoms with E-state index < -0.39 is 6.09 Å². The molecule has 0 bridgehead atoms. The van der Waals surface area contributed by atoms with E-state index in [0.29, 0.717) is 11.4 Å². The number of para-hydroxylation sites is 1. The highest BCUT2D eigenvalue weighted by Crippen LogP contribution is 2.41. The summed E-state index contributed by atoms with van der Waals surface area (Å²) in [6.07, 6.45) is -0.499. The summed E-state index contributed by atoms with van der Waals surface area (Å²) >= 11 is 3.59. The average molecular weight is 404 g/mol. The summed E-state index contributed by atoms with van der Waals surface area (Å²) in [5.74, 6) is 0.564. The lowest BCUT2D eigenvalue weighted by atomic mass is 9.80. The second-order valence-corrected chi connectivity index (χ2v) is 9.07. The number of ether oxygens (including phenoxy) is 1. The molecule has 2 aromatic rings. The van der Waals surface area contributed by atoms with E-state index in [4.69, 9.17) is 4.74 Å². The number of hydrogen-bond donors (Lipinski definition) is 1. The van der Waals surface area contributed by atoms with E-state index >= 15 is 0 Å². The standard InChI is InChI=1S/C21H26BrNO2/c1-20(2,3)14-12-16(21(4,5)6)18(17(22)13-14)25-19(24)23-15-10-8-7-9-11-15/h7-13H,1-6H3,(H,23,24). The van der Waals surface area contributed by atoms with Gasteiger partial charge in [0.25, 0.3) is 0 Å². The first-order valence-electron chi connectivity index (χ1n) is 8.37.